The number of hydrogen-bond acceptors (Lipinski definition) is 9. The van der Waals surface area contributed by atoms with Gasteiger partial charge in [-0.05, 0) is 61.1 Å². The summed E-state index contributed by atoms with van der Waals surface area (Å²) in [7, 11) is -2.59. The molecule has 0 fully saturated rings. The largest absolute Gasteiger partial charge is 0.744 e. The number of carbonyl (C=O) groups excluding carboxylic acids is 2. The van der Waals surface area contributed by atoms with Crippen molar-refractivity contribution < 1.29 is 41.5 Å². The third-order valence-corrected chi connectivity index (χ3v) is 6.56. The fourth-order valence-corrected chi connectivity index (χ4v) is 3.82. The summed E-state index contributed by atoms with van der Waals surface area (Å²) in [6, 6.07) is 12.9. The van der Waals surface area contributed by atoms with E-state index in [4.69, 9.17) is 18.9 Å². The minimum atomic E-state index is -4.27. The summed E-state index contributed by atoms with van der Waals surface area (Å²) in [5.41, 5.74) is 1.65. The Bertz CT molecular complexity index is 1070. The first kappa shape index (κ1) is 33.4. The molecule has 0 spiro atoms. The van der Waals surface area contributed by atoms with Crippen molar-refractivity contribution in [2.75, 3.05) is 57.1 Å². The number of methoxy groups -OCH3 is 1. The Labute approximate surface area is 228 Å². The molecule has 0 heterocycles. The van der Waals surface area contributed by atoms with Crippen LogP contribution in [0.3, 0.4) is 0 Å². The van der Waals surface area contributed by atoms with Crippen LogP contribution in [0, 0.1) is 6.92 Å². The van der Waals surface area contributed by atoms with Crippen LogP contribution in [0.15, 0.2) is 53.4 Å². The van der Waals surface area contributed by atoms with Crippen LogP contribution in [0.5, 0.6) is 5.75 Å². The molecule has 10 nitrogen and oxygen atoms in total. The molecule has 0 saturated carbocycles. The normalized spacial score (nSPS) is 11.8. The molecule has 0 saturated heterocycles. The molecule has 2 aromatic carbocycles. The molecule has 2 rings (SSSR count). The fourth-order valence-electron chi connectivity index (χ4n) is 2.75. The van der Waals surface area contributed by atoms with Crippen molar-refractivity contribution in [3.05, 3.63) is 54.1 Å². The number of nitrogens with one attached hydrogen (secondary N) is 1. The van der Waals surface area contributed by atoms with Gasteiger partial charge in [0, 0.05) is 19.4 Å². The van der Waals surface area contributed by atoms with E-state index >= 15 is 0 Å². The predicted molar refractivity (Wildman–Crippen MR) is 147 cm³/mol. The van der Waals surface area contributed by atoms with Gasteiger partial charge in [0.1, 0.15) is 34.8 Å². The monoisotopic (exact) mass is 571 g/mol. The van der Waals surface area contributed by atoms with Gasteiger partial charge in [0.15, 0.2) is 6.10 Å². The molecule has 0 aliphatic carbocycles. The molecule has 0 bridgehead atoms. The zero-order valence-electron chi connectivity index (χ0n) is 22.4. The van der Waals surface area contributed by atoms with Gasteiger partial charge in [0.05, 0.1) is 30.4 Å². The van der Waals surface area contributed by atoms with E-state index in [2.05, 4.69) is 17.8 Å². The summed E-state index contributed by atoms with van der Waals surface area (Å²) >= 11 is 0. The topological polar surface area (TPSA) is 140 Å². The molecule has 2 aromatic rings. The van der Waals surface area contributed by atoms with Crippen molar-refractivity contribution in [2.24, 2.45) is 0 Å². The Kier molecular flexibility index (Phi) is 15.6. The molecule has 0 aliphatic rings. The lowest BCUT2D eigenvalue weighted by Crippen LogP contribution is -2.31. The van der Waals surface area contributed by atoms with E-state index < -0.39 is 22.2 Å². The molecular weight excluding hydrogens is 534 g/mol. The SMILES string of the molecule is CCOCC(COc1ccc(NC(=O)CC[S+](C)C)cc1)OC(=O)COC.Cc1ccc(S(=O)(=O)[O-])cc1. The van der Waals surface area contributed by atoms with E-state index in [1.807, 2.05) is 13.8 Å². The van der Waals surface area contributed by atoms with E-state index in [0.29, 0.717) is 18.8 Å². The number of amides is 1. The molecule has 1 N–H and O–H groups in total. The number of aryl methyl sites for hydroxylation is 1. The predicted octanol–water partition coefficient (Wildman–Crippen LogP) is 2.77. The van der Waals surface area contributed by atoms with Crippen molar-refractivity contribution in [1.82, 2.24) is 0 Å². The number of benzene rings is 2. The summed E-state index contributed by atoms with van der Waals surface area (Å²) in [5.74, 6) is 1.04. The van der Waals surface area contributed by atoms with E-state index in [0.717, 1.165) is 17.0 Å². The second-order valence-corrected chi connectivity index (χ2v) is 12.1. The minimum Gasteiger partial charge on any atom is -0.744 e. The minimum absolute atomic E-state index is 0.00621. The van der Waals surface area contributed by atoms with Crippen LogP contribution < -0.4 is 10.1 Å². The maximum atomic E-state index is 11.9. The summed E-state index contributed by atoms with van der Waals surface area (Å²) in [4.78, 5) is 23.3. The Hall–Kier alpha value is -2.64. The van der Waals surface area contributed by atoms with Crippen molar-refractivity contribution >= 4 is 38.6 Å². The van der Waals surface area contributed by atoms with Gasteiger partial charge in [-0.15, -0.1) is 0 Å². The average Bonchev–Trinajstić information content (AvgIpc) is 2.85. The zero-order valence-corrected chi connectivity index (χ0v) is 24.1. The standard InChI is InChI=1S/C19H29NO6S.C7H8O3S/c1-5-24-12-17(26-19(22)14-23-2)13-25-16-8-6-15(7-9-16)20-18(21)10-11-27(3)4;1-6-2-4-7(5-3-6)11(8,9)10/h6-9,17H,5,10-14H2,1-4H3;2-5H,1H3,(H,8,9,10). The van der Waals surface area contributed by atoms with Crippen molar-refractivity contribution in [1.29, 1.82) is 0 Å². The maximum absolute atomic E-state index is 11.9. The first-order valence-corrected chi connectivity index (χ1v) is 15.4. The molecule has 1 amide bonds. The summed E-state index contributed by atoms with van der Waals surface area (Å²) in [6.45, 7) is 4.50. The van der Waals surface area contributed by atoms with Gasteiger partial charge < -0.3 is 28.8 Å². The van der Waals surface area contributed by atoms with Crippen LogP contribution in [-0.4, -0.2) is 82.8 Å². The lowest BCUT2D eigenvalue weighted by atomic mass is 10.2. The van der Waals surface area contributed by atoms with Crippen LogP contribution in [-0.2, 0) is 44.8 Å². The van der Waals surface area contributed by atoms with Crippen LogP contribution in [0.2, 0.25) is 0 Å². The molecule has 0 aromatic heterocycles. The third-order valence-electron chi connectivity index (χ3n) is 4.69. The van der Waals surface area contributed by atoms with Crippen molar-refractivity contribution in [2.45, 2.75) is 31.3 Å². The van der Waals surface area contributed by atoms with E-state index in [1.54, 1.807) is 36.4 Å². The van der Waals surface area contributed by atoms with Crippen molar-refractivity contribution in [3.8, 4) is 5.75 Å². The zero-order chi connectivity index (χ0) is 28.6. The highest BCUT2D eigenvalue weighted by Gasteiger charge is 2.16. The van der Waals surface area contributed by atoms with Gasteiger partial charge in [-0.2, -0.15) is 0 Å². The Morgan fingerprint density at radius 3 is 2.18 bits per heavy atom. The Morgan fingerprint density at radius 2 is 1.66 bits per heavy atom. The van der Waals surface area contributed by atoms with Crippen LogP contribution in [0.4, 0.5) is 5.69 Å². The molecule has 0 radical (unpaired) electrons. The van der Waals surface area contributed by atoms with Gasteiger partial charge in [-0.25, -0.2) is 13.2 Å². The third kappa shape index (κ3) is 14.9. The number of hydrogen-bond donors (Lipinski definition) is 1. The summed E-state index contributed by atoms with van der Waals surface area (Å²) in [5, 5.41) is 2.86. The number of anilines is 1. The molecule has 1 unspecified atom stereocenters. The van der Waals surface area contributed by atoms with Gasteiger partial charge >= 0.3 is 5.97 Å². The molecule has 12 heteroatoms. The van der Waals surface area contributed by atoms with Crippen LogP contribution in [0.25, 0.3) is 0 Å². The maximum Gasteiger partial charge on any atom is 0.332 e. The quantitative estimate of drug-likeness (QED) is 0.206. The lowest BCUT2D eigenvalue weighted by molar-refractivity contribution is -0.158. The van der Waals surface area contributed by atoms with Crippen molar-refractivity contribution in [3.63, 3.8) is 0 Å². The van der Waals surface area contributed by atoms with Gasteiger partial charge in [0.2, 0.25) is 5.91 Å². The van der Waals surface area contributed by atoms with E-state index in [-0.39, 0.29) is 41.5 Å². The second-order valence-electron chi connectivity index (χ2n) is 8.29. The van der Waals surface area contributed by atoms with Gasteiger partial charge in [-0.1, -0.05) is 17.7 Å². The first-order valence-electron chi connectivity index (χ1n) is 11.8. The molecule has 0 aliphatic heterocycles. The molecule has 212 valence electrons. The van der Waals surface area contributed by atoms with E-state index in [9.17, 15) is 22.6 Å². The first-order chi connectivity index (χ1) is 17.9. The van der Waals surface area contributed by atoms with Gasteiger partial charge in [-0.3, -0.25) is 4.79 Å². The highest BCUT2D eigenvalue weighted by Crippen LogP contribution is 2.16. The van der Waals surface area contributed by atoms with Gasteiger partial charge in [0.25, 0.3) is 0 Å². The fraction of sp³-hybridized carbons (Fsp3) is 0.462. The molecule has 1 atom stereocenters. The Balaban J connectivity index is 0.000000544. The van der Waals surface area contributed by atoms with Crippen LogP contribution >= 0.6 is 0 Å². The van der Waals surface area contributed by atoms with Crippen LogP contribution in [0.1, 0.15) is 18.9 Å². The highest BCUT2D eigenvalue weighted by atomic mass is 32.2. The number of rotatable bonds is 14. The highest BCUT2D eigenvalue weighted by molar-refractivity contribution is 7.95. The number of carbonyl (C=O) groups is 2. The Morgan fingerprint density at radius 1 is 1.03 bits per heavy atom. The number of ether oxygens (including phenoxy) is 4. The second kappa shape index (κ2) is 17.8. The average molecular weight is 572 g/mol. The van der Waals surface area contributed by atoms with E-state index in [1.165, 1.54) is 19.2 Å². The number of esters is 1. The molecule has 38 heavy (non-hydrogen) atoms. The lowest BCUT2D eigenvalue weighted by Gasteiger charge is -2.18. The summed E-state index contributed by atoms with van der Waals surface area (Å²) in [6.07, 6.45) is 4.22. The summed E-state index contributed by atoms with van der Waals surface area (Å²) < 4.78 is 52.2. The molecular formula is C26H37NO9S2. The smallest absolute Gasteiger partial charge is 0.332 e.